The fourth-order valence-electron chi connectivity index (χ4n) is 2.95. The molecular weight excluding hydrogens is 378 g/mol. The Hall–Kier alpha value is -2.67. The SMILES string of the molecule is O=C(CCC1Cc2ccccc2NC1=O)Nc1ccc(OC(F)F)c(Cl)c1. The zero-order valence-corrected chi connectivity index (χ0v) is 14.9. The van der Waals surface area contributed by atoms with Gasteiger partial charge in [0.05, 0.1) is 5.02 Å². The number of hydrogen-bond acceptors (Lipinski definition) is 3. The van der Waals surface area contributed by atoms with E-state index in [0.717, 1.165) is 11.3 Å². The Balaban J connectivity index is 1.54. The molecule has 5 nitrogen and oxygen atoms in total. The lowest BCUT2D eigenvalue weighted by molar-refractivity contribution is -0.121. The monoisotopic (exact) mass is 394 g/mol. The third kappa shape index (κ3) is 4.95. The number of para-hydroxylation sites is 1. The number of benzene rings is 2. The number of carbonyl (C=O) groups is 2. The van der Waals surface area contributed by atoms with Gasteiger partial charge >= 0.3 is 6.61 Å². The summed E-state index contributed by atoms with van der Waals surface area (Å²) in [5.74, 6) is -0.837. The van der Waals surface area contributed by atoms with Crippen LogP contribution in [0.2, 0.25) is 5.02 Å². The van der Waals surface area contributed by atoms with E-state index in [1.807, 2.05) is 24.3 Å². The second-order valence-corrected chi connectivity index (χ2v) is 6.57. The lowest BCUT2D eigenvalue weighted by atomic mass is 9.89. The first kappa shape index (κ1) is 19.1. The molecule has 2 N–H and O–H groups in total. The molecule has 0 saturated carbocycles. The summed E-state index contributed by atoms with van der Waals surface area (Å²) in [4.78, 5) is 24.3. The number of carbonyl (C=O) groups excluding carboxylic acids is 2. The summed E-state index contributed by atoms with van der Waals surface area (Å²) in [5, 5.41) is 5.46. The molecule has 1 atom stereocenters. The van der Waals surface area contributed by atoms with E-state index in [-0.39, 0.29) is 34.9 Å². The molecule has 0 bridgehead atoms. The van der Waals surface area contributed by atoms with Crippen molar-refractivity contribution in [2.24, 2.45) is 5.92 Å². The van der Waals surface area contributed by atoms with Gasteiger partial charge in [-0.15, -0.1) is 0 Å². The molecule has 0 aromatic heterocycles. The second-order valence-electron chi connectivity index (χ2n) is 6.16. The Morgan fingerprint density at radius 3 is 2.81 bits per heavy atom. The predicted molar refractivity (Wildman–Crippen MR) is 98.2 cm³/mol. The lowest BCUT2D eigenvalue weighted by Crippen LogP contribution is -2.30. The van der Waals surface area contributed by atoms with E-state index in [4.69, 9.17) is 11.6 Å². The van der Waals surface area contributed by atoms with Crippen LogP contribution in [0, 0.1) is 5.92 Å². The number of rotatable bonds is 6. The molecule has 0 radical (unpaired) electrons. The van der Waals surface area contributed by atoms with Crippen LogP contribution in [0.1, 0.15) is 18.4 Å². The number of amides is 2. The second kappa shape index (κ2) is 8.35. The van der Waals surface area contributed by atoms with Crippen LogP contribution < -0.4 is 15.4 Å². The van der Waals surface area contributed by atoms with Crippen LogP contribution in [-0.2, 0) is 16.0 Å². The van der Waals surface area contributed by atoms with Crippen molar-refractivity contribution in [1.82, 2.24) is 0 Å². The molecule has 3 rings (SSSR count). The minimum Gasteiger partial charge on any atom is -0.433 e. The van der Waals surface area contributed by atoms with Gasteiger partial charge in [0.25, 0.3) is 0 Å². The maximum Gasteiger partial charge on any atom is 0.387 e. The zero-order chi connectivity index (χ0) is 19.4. The van der Waals surface area contributed by atoms with Crippen LogP contribution in [-0.4, -0.2) is 18.4 Å². The molecule has 0 aliphatic carbocycles. The smallest absolute Gasteiger partial charge is 0.387 e. The first-order valence-electron chi connectivity index (χ1n) is 8.35. The van der Waals surface area contributed by atoms with Gasteiger partial charge < -0.3 is 15.4 Å². The lowest BCUT2D eigenvalue weighted by Gasteiger charge is -2.24. The fourth-order valence-corrected chi connectivity index (χ4v) is 3.17. The molecule has 2 amide bonds. The van der Waals surface area contributed by atoms with Crippen LogP contribution in [0.3, 0.4) is 0 Å². The quantitative estimate of drug-likeness (QED) is 0.759. The highest BCUT2D eigenvalue weighted by Gasteiger charge is 2.26. The molecule has 1 aliphatic heterocycles. The Kier molecular flexibility index (Phi) is 5.91. The van der Waals surface area contributed by atoms with Crippen LogP contribution in [0.25, 0.3) is 0 Å². The summed E-state index contributed by atoms with van der Waals surface area (Å²) in [6, 6.07) is 11.6. The van der Waals surface area contributed by atoms with Crippen molar-refractivity contribution < 1.29 is 23.1 Å². The van der Waals surface area contributed by atoms with Gasteiger partial charge in [0.2, 0.25) is 11.8 Å². The Morgan fingerprint density at radius 1 is 1.30 bits per heavy atom. The molecule has 2 aromatic carbocycles. The number of hydrogen-bond donors (Lipinski definition) is 2. The minimum atomic E-state index is -2.98. The number of halogens is 3. The molecule has 0 spiro atoms. The van der Waals surface area contributed by atoms with Crippen molar-refractivity contribution in [3.05, 3.63) is 53.1 Å². The summed E-state index contributed by atoms with van der Waals surface area (Å²) in [7, 11) is 0. The molecule has 0 fully saturated rings. The van der Waals surface area contributed by atoms with Crippen molar-refractivity contribution in [2.45, 2.75) is 25.9 Å². The summed E-state index contributed by atoms with van der Waals surface area (Å²) >= 11 is 5.86. The number of alkyl halides is 2. The van der Waals surface area contributed by atoms with E-state index in [0.29, 0.717) is 18.5 Å². The average Bonchev–Trinajstić information content (AvgIpc) is 2.62. The highest BCUT2D eigenvalue weighted by molar-refractivity contribution is 6.32. The van der Waals surface area contributed by atoms with Gasteiger partial charge in [-0.25, -0.2) is 0 Å². The Bertz CT molecular complexity index is 861. The van der Waals surface area contributed by atoms with Gasteiger partial charge in [-0.2, -0.15) is 8.78 Å². The van der Waals surface area contributed by atoms with Crippen LogP contribution in [0.15, 0.2) is 42.5 Å². The van der Waals surface area contributed by atoms with Crippen LogP contribution >= 0.6 is 11.6 Å². The van der Waals surface area contributed by atoms with E-state index in [9.17, 15) is 18.4 Å². The van der Waals surface area contributed by atoms with Crippen molar-refractivity contribution in [3.63, 3.8) is 0 Å². The topological polar surface area (TPSA) is 67.4 Å². The van der Waals surface area contributed by atoms with Gasteiger partial charge in [0.15, 0.2) is 0 Å². The zero-order valence-electron chi connectivity index (χ0n) is 14.2. The molecule has 1 unspecified atom stereocenters. The number of nitrogens with one attached hydrogen (secondary N) is 2. The molecule has 142 valence electrons. The van der Waals surface area contributed by atoms with Gasteiger partial charge in [-0.05, 0) is 42.7 Å². The normalized spacial score (nSPS) is 15.9. The third-order valence-corrected chi connectivity index (χ3v) is 4.56. The predicted octanol–water partition coefficient (Wildman–Crippen LogP) is 4.47. The van der Waals surface area contributed by atoms with Gasteiger partial charge in [0, 0.05) is 23.7 Å². The van der Waals surface area contributed by atoms with Gasteiger partial charge in [-0.3, -0.25) is 9.59 Å². The van der Waals surface area contributed by atoms with E-state index < -0.39 is 6.61 Å². The molecule has 0 saturated heterocycles. The number of ether oxygens (including phenoxy) is 1. The Labute approximate surface area is 159 Å². The first-order chi connectivity index (χ1) is 12.9. The average molecular weight is 395 g/mol. The van der Waals surface area contributed by atoms with Crippen LogP contribution in [0.5, 0.6) is 5.75 Å². The van der Waals surface area contributed by atoms with Crippen molar-refractivity contribution in [2.75, 3.05) is 10.6 Å². The van der Waals surface area contributed by atoms with E-state index in [2.05, 4.69) is 15.4 Å². The molecule has 8 heteroatoms. The Morgan fingerprint density at radius 2 is 2.07 bits per heavy atom. The van der Waals surface area contributed by atoms with E-state index in [1.54, 1.807) is 0 Å². The maximum atomic E-state index is 12.2. The van der Waals surface area contributed by atoms with E-state index >= 15 is 0 Å². The first-order valence-corrected chi connectivity index (χ1v) is 8.73. The van der Waals surface area contributed by atoms with Crippen LogP contribution in [0.4, 0.5) is 20.2 Å². The minimum absolute atomic E-state index is 0.0311. The summed E-state index contributed by atoms with van der Waals surface area (Å²) in [6.45, 7) is -2.98. The van der Waals surface area contributed by atoms with E-state index in [1.165, 1.54) is 18.2 Å². The molecule has 2 aromatic rings. The summed E-state index contributed by atoms with van der Waals surface area (Å²) in [6.07, 6.45) is 1.13. The van der Waals surface area contributed by atoms with Gasteiger partial charge in [-0.1, -0.05) is 29.8 Å². The van der Waals surface area contributed by atoms with Crippen molar-refractivity contribution in [3.8, 4) is 5.75 Å². The highest BCUT2D eigenvalue weighted by Crippen LogP contribution is 2.30. The molecular formula is C19H17ClF2N2O3. The third-order valence-electron chi connectivity index (χ3n) is 4.26. The fraction of sp³-hybridized carbons (Fsp3) is 0.263. The molecule has 1 heterocycles. The van der Waals surface area contributed by atoms with Crippen molar-refractivity contribution >= 4 is 34.8 Å². The molecule has 27 heavy (non-hydrogen) atoms. The number of anilines is 2. The molecule has 1 aliphatic rings. The summed E-state index contributed by atoms with van der Waals surface area (Å²) in [5.41, 5.74) is 2.22. The highest BCUT2D eigenvalue weighted by atomic mass is 35.5. The maximum absolute atomic E-state index is 12.2. The van der Waals surface area contributed by atoms with Crippen molar-refractivity contribution in [1.29, 1.82) is 0 Å². The van der Waals surface area contributed by atoms with Gasteiger partial charge in [0.1, 0.15) is 5.75 Å². The number of fused-ring (bicyclic) bond motifs is 1. The summed E-state index contributed by atoms with van der Waals surface area (Å²) < 4.78 is 28.7. The largest absolute Gasteiger partial charge is 0.433 e. The standard InChI is InChI=1S/C19H17ClF2N2O3/c20-14-10-13(6-7-16(14)27-19(21)22)23-17(25)8-5-12-9-11-3-1-2-4-15(11)24-18(12)26/h1-4,6-7,10,12,19H,5,8-9H2,(H,23,25)(H,24,26).